The summed E-state index contributed by atoms with van der Waals surface area (Å²) in [5, 5.41) is 12.4. The molecule has 0 saturated heterocycles. The number of halogens is 2. The highest BCUT2D eigenvalue weighted by Crippen LogP contribution is 2.25. The number of carbonyl (C=O) groups is 1. The maximum Gasteiger partial charge on any atom is 0.230 e. The molecule has 5 nitrogen and oxygen atoms in total. The summed E-state index contributed by atoms with van der Waals surface area (Å²) in [6.45, 7) is 0.599. The van der Waals surface area contributed by atoms with E-state index in [1.54, 1.807) is 16.7 Å². The molecule has 0 bridgehead atoms. The van der Waals surface area contributed by atoms with Crippen molar-refractivity contribution in [3.8, 4) is 0 Å². The van der Waals surface area contributed by atoms with Gasteiger partial charge in [0.1, 0.15) is 0 Å². The summed E-state index contributed by atoms with van der Waals surface area (Å²) in [6.07, 6.45) is 2.48. The molecule has 24 heavy (non-hydrogen) atoms. The minimum Gasteiger partial charge on any atom is -0.355 e. The summed E-state index contributed by atoms with van der Waals surface area (Å²) < 4.78 is 1.69. The zero-order valence-electron chi connectivity index (χ0n) is 12.6. The third-order valence-corrected chi connectivity index (χ3v) is 4.73. The van der Waals surface area contributed by atoms with Crippen LogP contribution < -0.4 is 5.32 Å². The number of thioether (sulfide) groups is 1. The molecule has 0 aliphatic heterocycles. The average molecular weight is 381 g/mol. The van der Waals surface area contributed by atoms with Gasteiger partial charge in [0, 0.05) is 12.7 Å². The maximum atomic E-state index is 12.0. The summed E-state index contributed by atoms with van der Waals surface area (Å²) in [7, 11) is 0. The van der Waals surface area contributed by atoms with Gasteiger partial charge < -0.3 is 5.32 Å². The molecular weight excluding hydrogens is 367 g/mol. The lowest BCUT2D eigenvalue weighted by Crippen LogP contribution is -2.27. The Bertz CT molecular complexity index is 854. The molecule has 1 aromatic carbocycles. The van der Waals surface area contributed by atoms with Crippen molar-refractivity contribution in [2.24, 2.45) is 0 Å². The Labute approximate surface area is 153 Å². The second-order valence-electron chi connectivity index (χ2n) is 5.06. The fourth-order valence-corrected chi connectivity index (χ4v) is 3.42. The molecule has 0 atom stereocenters. The van der Waals surface area contributed by atoms with Gasteiger partial charge in [-0.15, -0.1) is 10.2 Å². The first-order valence-electron chi connectivity index (χ1n) is 7.26. The van der Waals surface area contributed by atoms with Crippen LogP contribution in [0.2, 0.25) is 10.0 Å². The number of amides is 1. The Morgan fingerprint density at radius 3 is 2.79 bits per heavy atom. The van der Waals surface area contributed by atoms with E-state index in [1.165, 1.54) is 17.3 Å². The number of hydrogen-bond acceptors (Lipinski definition) is 4. The number of aromatic nitrogens is 3. The Hall–Kier alpha value is -1.76. The van der Waals surface area contributed by atoms with Gasteiger partial charge in [0.25, 0.3) is 0 Å². The minimum absolute atomic E-state index is 0.0548. The van der Waals surface area contributed by atoms with E-state index in [4.69, 9.17) is 23.2 Å². The number of nitrogens with one attached hydrogen (secondary N) is 1. The van der Waals surface area contributed by atoms with Crippen LogP contribution in [-0.2, 0) is 11.2 Å². The highest BCUT2D eigenvalue weighted by atomic mass is 35.5. The summed E-state index contributed by atoms with van der Waals surface area (Å²) in [5.74, 6) is 0.195. The molecule has 8 heteroatoms. The van der Waals surface area contributed by atoms with Crippen molar-refractivity contribution in [2.75, 3.05) is 12.3 Å². The van der Waals surface area contributed by atoms with Gasteiger partial charge in [0.2, 0.25) is 5.91 Å². The van der Waals surface area contributed by atoms with Crippen molar-refractivity contribution in [2.45, 2.75) is 11.6 Å². The average Bonchev–Trinajstić information content (AvgIpc) is 2.97. The zero-order chi connectivity index (χ0) is 16.9. The molecule has 0 unspecified atom stereocenters. The lowest BCUT2D eigenvalue weighted by molar-refractivity contribution is -0.118. The van der Waals surface area contributed by atoms with Gasteiger partial charge in [-0.1, -0.05) is 65.3 Å². The van der Waals surface area contributed by atoms with Crippen LogP contribution in [0.1, 0.15) is 5.56 Å². The van der Waals surface area contributed by atoms with E-state index in [0.29, 0.717) is 27.4 Å². The van der Waals surface area contributed by atoms with Crippen LogP contribution in [0.4, 0.5) is 0 Å². The lowest BCUT2D eigenvalue weighted by Gasteiger charge is -2.05. The molecule has 0 aliphatic rings. The number of pyridine rings is 1. The smallest absolute Gasteiger partial charge is 0.230 e. The van der Waals surface area contributed by atoms with Crippen molar-refractivity contribution in [3.05, 3.63) is 58.2 Å². The van der Waals surface area contributed by atoms with Gasteiger partial charge in [0.15, 0.2) is 10.8 Å². The second kappa shape index (κ2) is 7.88. The Kier molecular flexibility index (Phi) is 5.60. The number of fused-ring (bicyclic) bond motifs is 1. The van der Waals surface area contributed by atoms with Crippen molar-refractivity contribution in [1.82, 2.24) is 19.9 Å². The molecule has 1 amide bonds. The maximum absolute atomic E-state index is 12.0. The predicted molar refractivity (Wildman–Crippen MR) is 96.9 cm³/mol. The van der Waals surface area contributed by atoms with Crippen LogP contribution in [-0.4, -0.2) is 32.8 Å². The first-order chi connectivity index (χ1) is 11.6. The Morgan fingerprint density at radius 1 is 1.21 bits per heavy atom. The van der Waals surface area contributed by atoms with Gasteiger partial charge in [0.05, 0.1) is 15.8 Å². The fourth-order valence-electron chi connectivity index (χ4n) is 2.17. The molecule has 0 spiro atoms. The second-order valence-corrected chi connectivity index (χ2v) is 6.84. The highest BCUT2D eigenvalue weighted by Gasteiger charge is 2.12. The minimum atomic E-state index is -0.0548. The van der Waals surface area contributed by atoms with Gasteiger partial charge in [-0.25, -0.2) is 0 Å². The van der Waals surface area contributed by atoms with Crippen molar-refractivity contribution in [3.63, 3.8) is 0 Å². The van der Waals surface area contributed by atoms with Gasteiger partial charge >= 0.3 is 0 Å². The molecule has 124 valence electrons. The summed E-state index contributed by atoms with van der Waals surface area (Å²) >= 11 is 13.4. The molecule has 3 aromatic rings. The highest BCUT2D eigenvalue weighted by molar-refractivity contribution is 7.99. The van der Waals surface area contributed by atoms with E-state index >= 15 is 0 Å². The van der Waals surface area contributed by atoms with E-state index in [1.807, 2.05) is 30.3 Å². The standard InChI is InChI=1S/C16H14Cl2N4OS/c17-12-8-13(18)15-20-21-16(22(15)9-12)24-10-14(23)19-7-6-11-4-2-1-3-5-11/h1-5,8-9H,6-7,10H2,(H,19,23). The number of nitrogens with zero attached hydrogens (tertiary/aromatic N) is 3. The normalized spacial score (nSPS) is 10.9. The summed E-state index contributed by atoms with van der Waals surface area (Å²) in [5.41, 5.74) is 1.71. The Morgan fingerprint density at radius 2 is 2.00 bits per heavy atom. The lowest BCUT2D eigenvalue weighted by atomic mass is 10.1. The summed E-state index contributed by atoms with van der Waals surface area (Å²) in [6, 6.07) is 11.6. The van der Waals surface area contributed by atoms with Crippen LogP contribution in [0.25, 0.3) is 5.65 Å². The van der Waals surface area contributed by atoms with Crippen molar-refractivity contribution >= 4 is 46.5 Å². The molecule has 2 aromatic heterocycles. The third-order valence-electron chi connectivity index (χ3n) is 3.31. The van der Waals surface area contributed by atoms with E-state index in [-0.39, 0.29) is 11.7 Å². The number of rotatable bonds is 6. The van der Waals surface area contributed by atoms with Gasteiger partial charge in [-0.3, -0.25) is 9.20 Å². The molecule has 0 radical (unpaired) electrons. The Balaban J connectivity index is 1.53. The van der Waals surface area contributed by atoms with E-state index in [0.717, 1.165) is 6.42 Å². The third kappa shape index (κ3) is 4.20. The van der Waals surface area contributed by atoms with Crippen molar-refractivity contribution in [1.29, 1.82) is 0 Å². The molecular formula is C16H14Cl2N4OS. The molecule has 0 aliphatic carbocycles. The predicted octanol–water partition coefficient (Wildman–Crippen LogP) is 3.49. The van der Waals surface area contributed by atoms with E-state index in [9.17, 15) is 4.79 Å². The van der Waals surface area contributed by atoms with Crippen LogP contribution in [0, 0.1) is 0 Å². The van der Waals surface area contributed by atoms with Gasteiger partial charge in [-0.2, -0.15) is 0 Å². The summed E-state index contributed by atoms with van der Waals surface area (Å²) in [4.78, 5) is 12.0. The van der Waals surface area contributed by atoms with Crippen LogP contribution in [0.5, 0.6) is 0 Å². The fraction of sp³-hybridized carbons (Fsp3) is 0.188. The van der Waals surface area contributed by atoms with Gasteiger partial charge in [-0.05, 0) is 18.1 Å². The molecule has 0 saturated carbocycles. The van der Waals surface area contributed by atoms with Crippen molar-refractivity contribution < 1.29 is 4.79 Å². The largest absolute Gasteiger partial charge is 0.355 e. The topological polar surface area (TPSA) is 59.3 Å². The first kappa shape index (κ1) is 17.1. The number of hydrogen-bond donors (Lipinski definition) is 1. The molecule has 0 fully saturated rings. The first-order valence-corrected chi connectivity index (χ1v) is 9.01. The van der Waals surface area contributed by atoms with Crippen LogP contribution >= 0.6 is 35.0 Å². The molecule has 1 N–H and O–H groups in total. The van der Waals surface area contributed by atoms with E-state index < -0.39 is 0 Å². The SMILES string of the molecule is O=C(CSc1nnc2c(Cl)cc(Cl)cn12)NCCc1ccccc1. The molecule has 3 rings (SSSR count). The monoisotopic (exact) mass is 380 g/mol. The zero-order valence-corrected chi connectivity index (χ0v) is 14.9. The number of carbonyl (C=O) groups excluding carboxylic acids is 1. The number of benzene rings is 1. The van der Waals surface area contributed by atoms with Crippen LogP contribution in [0.3, 0.4) is 0 Å². The van der Waals surface area contributed by atoms with Crippen LogP contribution in [0.15, 0.2) is 47.8 Å². The quantitative estimate of drug-likeness (QED) is 0.664. The molecule has 2 heterocycles. The van der Waals surface area contributed by atoms with E-state index in [2.05, 4.69) is 15.5 Å².